The maximum absolute atomic E-state index is 13.0. The molecule has 0 amide bonds. The maximum atomic E-state index is 13.0. The fourth-order valence-electron chi connectivity index (χ4n) is 1.23. The van der Waals surface area contributed by atoms with Gasteiger partial charge in [-0.15, -0.1) is 5.10 Å². The molecule has 2 N–H and O–H groups in total. The number of halogens is 2. The number of aromatic nitrogens is 3. The van der Waals surface area contributed by atoms with Crippen LogP contribution in [0.1, 0.15) is 5.69 Å². The van der Waals surface area contributed by atoms with Crippen molar-refractivity contribution in [1.29, 1.82) is 0 Å². The van der Waals surface area contributed by atoms with Crippen LogP contribution in [0.4, 0.5) is 4.39 Å². The first-order chi connectivity index (χ1) is 7.22. The minimum Gasteiger partial charge on any atom is -0.325 e. The van der Waals surface area contributed by atoms with Crippen molar-refractivity contribution in [3.8, 4) is 5.69 Å². The van der Waals surface area contributed by atoms with E-state index in [0.717, 1.165) is 11.4 Å². The Morgan fingerprint density at radius 1 is 1.47 bits per heavy atom. The molecule has 6 heteroatoms. The molecule has 1 heterocycles. The van der Waals surface area contributed by atoms with Gasteiger partial charge in [0.2, 0.25) is 0 Å². The van der Waals surface area contributed by atoms with Gasteiger partial charge in [-0.3, -0.25) is 0 Å². The molecule has 0 spiro atoms. The molecule has 1 aromatic carbocycles. The highest BCUT2D eigenvalue weighted by molar-refractivity contribution is 9.10. The van der Waals surface area contributed by atoms with Crippen molar-refractivity contribution in [3.63, 3.8) is 0 Å². The summed E-state index contributed by atoms with van der Waals surface area (Å²) in [6, 6.07) is 4.61. The smallest absolute Gasteiger partial charge is 0.137 e. The molecule has 1 aromatic heterocycles. The summed E-state index contributed by atoms with van der Waals surface area (Å²) < 4.78 is 15.0. The largest absolute Gasteiger partial charge is 0.325 e. The Hall–Kier alpha value is -1.27. The number of nitrogens with zero attached hydrogens (tertiary/aromatic N) is 3. The van der Waals surface area contributed by atoms with Gasteiger partial charge >= 0.3 is 0 Å². The third-order valence-electron chi connectivity index (χ3n) is 1.98. The van der Waals surface area contributed by atoms with E-state index < -0.39 is 0 Å². The lowest BCUT2D eigenvalue weighted by molar-refractivity contribution is 0.619. The molecule has 0 fully saturated rings. The molecule has 0 aliphatic heterocycles. The third-order valence-corrected chi connectivity index (χ3v) is 2.58. The van der Waals surface area contributed by atoms with Gasteiger partial charge in [-0.2, -0.15) is 0 Å². The molecule has 2 rings (SSSR count). The lowest BCUT2D eigenvalue weighted by Crippen LogP contribution is -2.06. The van der Waals surface area contributed by atoms with E-state index in [9.17, 15) is 4.39 Å². The predicted molar refractivity (Wildman–Crippen MR) is 56.9 cm³/mol. The van der Waals surface area contributed by atoms with Crippen molar-refractivity contribution in [3.05, 3.63) is 40.4 Å². The topological polar surface area (TPSA) is 56.7 Å². The van der Waals surface area contributed by atoms with Gasteiger partial charge in [0.05, 0.1) is 22.1 Å². The number of rotatable bonds is 2. The number of hydrogen-bond donors (Lipinski definition) is 1. The highest BCUT2D eigenvalue weighted by atomic mass is 79.9. The zero-order valence-corrected chi connectivity index (χ0v) is 9.28. The summed E-state index contributed by atoms with van der Waals surface area (Å²) in [5, 5.41) is 7.62. The van der Waals surface area contributed by atoms with Gasteiger partial charge in [0.1, 0.15) is 5.82 Å². The van der Waals surface area contributed by atoms with Crippen LogP contribution in [0.25, 0.3) is 5.69 Å². The molecular weight excluding hydrogens is 263 g/mol. The average molecular weight is 271 g/mol. The van der Waals surface area contributed by atoms with E-state index in [1.165, 1.54) is 6.07 Å². The molecule has 78 valence electrons. The average Bonchev–Trinajstić information content (AvgIpc) is 2.70. The zero-order chi connectivity index (χ0) is 10.8. The van der Waals surface area contributed by atoms with E-state index in [0.29, 0.717) is 11.0 Å². The van der Waals surface area contributed by atoms with E-state index >= 15 is 0 Å². The Kier molecular flexibility index (Phi) is 2.79. The fraction of sp³-hybridized carbons (Fsp3) is 0.111. The van der Waals surface area contributed by atoms with Crippen molar-refractivity contribution in [2.45, 2.75) is 6.54 Å². The van der Waals surface area contributed by atoms with Crippen LogP contribution in [-0.4, -0.2) is 15.0 Å². The van der Waals surface area contributed by atoms with Gasteiger partial charge in [-0.25, -0.2) is 9.07 Å². The summed E-state index contributed by atoms with van der Waals surface area (Å²) in [7, 11) is 0. The Morgan fingerprint density at radius 3 is 2.93 bits per heavy atom. The van der Waals surface area contributed by atoms with Crippen LogP contribution < -0.4 is 5.73 Å². The minimum absolute atomic E-state index is 0.312. The maximum Gasteiger partial charge on any atom is 0.137 e. The first kappa shape index (κ1) is 10.3. The predicted octanol–water partition coefficient (Wildman–Crippen LogP) is 1.63. The lowest BCUT2D eigenvalue weighted by Gasteiger charge is -2.04. The van der Waals surface area contributed by atoms with E-state index in [4.69, 9.17) is 5.73 Å². The normalized spacial score (nSPS) is 10.6. The van der Waals surface area contributed by atoms with Crippen molar-refractivity contribution in [1.82, 2.24) is 15.0 Å². The summed E-state index contributed by atoms with van der Waals surface area (Å²) >= 11 is 3.11. The molecule has 0 unspecified atom stereocenters. The molecule has 0 atom stereocenters. The monoisotopic (exact) mass is 270 g/mol. The molecule has 15 heavy (non-hydrogen) atoms. The van der Waals surface area contributed by atoms with Gasteiger partial charge in [-0.05, 0) is 34.1 Å². The van der Waals surface area contributed by atoms with Crippen LogP contribution in [0.5, 0.6) is 0 Å². The summed E-state index contributed by atoms with van der Waals surface area (Å²) in [4.78, 5) is 0. The van der Waals surface area contributed by atoms with Crippen molar-refractivity contribution < 1.29 is 4.39 Å². The van der Waals surface area contributed by atoms with Gasteiger partial charge in [-0.1, -0.05) is 5.21 Å². The van der Waals surface area contributed by atoms with Crippen molar-refractivity contribution in [2.24, 2.45) is 5.73 Å². The molecule has 0 aliphatic carbocycles. The van der Waals surface area contributed by atoms with E-state index in [-0.39, 0.29) is 5.82 Å². The van der Waals surface area contributed by atoms with Gasteiger partial charge in [0.25, 0.3) is 0 Å². The SMILES string of the molecule is NCc1cnnn1-c1ccc(F)c(Br)c1. The molecule has 2 aromatic rings. The summed E-state index contributed by atoms with van der Waals surface area (Å²) in [6.07, 6.45) is 1.58. The Morgan fingerprint density at radius 2 is 2.27 bits per heavy atom. The van der Waals surface area contributed by atoms with Crippen LogP contribution in [0, 0.1) is 5.82 Å². The standard InChI is InChI=1S/C9H8BrFN4/c10-8-3-6(1-2-9(8)11)15-7(4-12)5-13-14-15/h1-3,5H,4,12H2. The molecular formula is C9H8BrFN4. The van der Waals surface area contributed by atoms with Crippen LogP contribution in [-0.2, 0) is 6.54 Å². The molecule has 0 aliphatic rings. The zero-order valence-electron chi connectivity index (χ0n) is 7.69. The summed E-state index contributed by atoms with van der Waals surface area (Å²) in [5.41, 5.74) is 7.01. The Bertz CT molecular complexity index is 483. The van der Waals surface area contributed by atoms with Crippen molar-refractivity contribution in [2.75, 3.05) is 0 Å². The van der Waals surface area contributed by atoms with Gasteiger partial charge < -0.3 is 5.73 Å². The number of hydrogen-bond acceptors (Lipinski definition) is 3. The van der Waals surface area contributed by atoms with Crippen LogP contribution in [0.3, 0.4) is 0 Å². The number of benzene rings is 1. The highest BCUT2D eigenvalue weighted by Crippen LogP contribution is 2.19. The quantitative estimate of drug-likeness (QED) is 0.903. The van der Waals surface area contributed by atoms with Gasteiger partial charge in [0.15, 0.2) is 0 Å². The second-order valence-corrected chi connectivity index (χ2v) is 3.79. The van der Waals surface area contributed by atoms with E-state index in [1.807, 2.05) is 0 Å². The first-order valence-corrected chi connectivity index (χ1v) is 5.06. The second kappa shape index (κ2) is 4.08. The molecule has 4 nitrogen and oxygen atoms in total. The third kappa shape index (κ3) is 1.91. The van der Waals surface area contributed by atoms with Crippen LogP contribution >= 0.6 is 15.9 Å². The van der Waals surface area contributed by atoms with E-state index in [2.05, 4.69) is 26.2 Å². The highest BCUT2D eigenvalue weighted by Gasteiger charge is 2.06. The second-order valence-electron chi connectivity index (χ2n) is 2.94. The van der Waals surface area contributed by atoms with Crippen molar-refractivity contribution >= 4 is 15.9 Å². The van der Waals surface area contributed by atoms with E-state index in [1.54, 1.807) is 23.0 Å². The summed E-state index contributed by atoms with van der Waals surface area (Å²) in [6.45, 7) is 0.335. The molecule has 0 bridgehead atoms. The van der Waals surface area contributed by atoms with Crippen LogP contribution in [0.2, 0.25) is 0 Å². The molecule has 0 radical (unpaired) electrons. The summed E-state index contributed by atoms with van der Waals surface area (Å²) in [5.74, 6) is -0.312. The lowest BCUT2D eigenvalue weighted by atomic mass is 10.3. The number of nitrogens with two attached hydrogens (primary N) is 1. The Balaban J connectivity index is 2.50. The van der Waals surface area contributed by atoms with Crippen LogP contribution in [0.15, 0.2) is 28.9 Å². The minimum atomic E-state index is -0.312. The Labute approximate surface area is 94.0 Å². The fourth-order valence-corrected chi connectivity index (χ4v) is 1.60. The van der Waals surface area contributed by atoms with Gasteiger partial charge in [0, 0.05) is 6.54 Å². The molecule has 0 saturated carbocycles. The molecule has 0 saturated heterocycles. The first-order valence-electron chi connectivity index (χ1n) is 4.27.